The molecule has 1 aromatic heterocycles. The summed E-state index contributed by atoms with van der Waals surface area (Å²) >= 11 is 6.37. The number of piperazine rings is 1. The number of aromatic nitrogens is 2. The highest BCUT2D eigenvalue weighted by Crippen LogP contribution is 2.48. The monoisotopic (exact) mass is 601 g/mol. The van der Waals surface area contributed by atoms with Gasteiger partial charge >= 0.3 is 0 Å². The van der Waals surface area contributed by atoms with Gasteiger partial charge in [0.25, 0.3) is 0 Å². The van der Waals surface area contributed by atoms with Gasteiger partial charge in [0.2, 0.25) is 0 Å². The van der Waals surface area contributed by atoms with Crippen molar-refractivity contribution in [3.8, 4) is 5.69 Å². The van der Waals surface area contributed by atoms with Gasteiger partial charge in [-0.05, 0) is 73.2 Å². The maximum absolute atomic E-state index is 13.6. The van der Waals surface area contributed by atoms with Gasteiger partial charge in [0.05, 0.1) is 28.8 Å². The number of benzene rings is 4. The van der Waals surface area contributed by atoms with Crippen LogP contribution in [0.15, 0.2) is 113 Å². The Balaban J connectivity index is 1.27. The molecule has 7 nitrogen and oxygen atoms in total. The molecule has 0 radical (unpaired) electrons. The van der Waals surface area contributed by atoms with E-state index in [0.717, 1.165) is 83.2 Å². The van der Waals surface area contributed by atoms with Crippen molar-refractivity contribution in [2.24, 2.45) is 9.98 Å². The number of hydrogen-bond acceptors (Lipinski definition) is 6. The predicted molar refractivity (Wildman–Crippen MR) is 175 cm³/mol. The summed E-state index contributed by atoms with van der Waals surface area (Å²) < 4.78 is 15.5. The number of para-hydroxylation sites is 3. The molecule has 3 aliphatic rings. The van der Waals surface area contributed by atoms with E-state index >= 15 is 0 Å². The number of fused-ring (bicyclic) bond motifs is 4. The number of nitrogens with zero attached hydrogens (tertiary/aromatic N) is 7. The zero-order valence-corrected chi connectivity index (χ0v) is 24.9. The van der Waals surface area contributed by atoms with E-state index in [-0.39, 0.29) is 11.9 Å². The van der Waals surface area contributed by atoms with Crippen LogP contribution in [0.3, 0.4) is 0 Å². The Morgan fingerprint density at radius 1 is 0.705 bits per heavy atom. The number of aliphatic imine (C=N–C) groups is 2. The molecule has 1 saturated heterocycles. The third-order valence-electron chi connectivity index (χ3n) is 8.58. The van der Waals surface area contributed by atoms with Crippen LogP contribution in [0.4, 0.5) is 27.3 Å². The molecule has 218 valence electrons. The van der Waals surface area contributed by atoms with Gasteiger partial charge in [-0.25, -0.2) is 19.1 Å². The molecule has 1 unspecified atom stereocenters. The molecule has 3 aliphatic heterocycles. The largest absolute Gasteiger partial charge is 0.368 e. The molecule has 0 bridgehead atoms. The average Bonchev–Trinajstić information content (AvgIpc) is 3.40. The minimum atomic E-state index is -0.224. The first-order valence-electron chi connectivity index (χ1n) is 14.8. The quantitative estimate of drug-likeness (QED) is 0.215. The molecule has 0 saturated carbocycles. The van der Waals surface area contributed by atoms with Gasteiger partial charge in [0.1, 0.15) is 5.82 Å². The molecule has 4 aromatic carbocycles. The number of anilines is 2. The van der Waals surface area contributed by atoms with Crippen LogP contribution in [0.1, 0.15) is 22.9 Å². The second-order valence-electron chi connectivity index (χ2n) is 11.2. The van der Waals surface area contributed by atoms with Crippen molar-refractivity contribution in [3.05, 3.63) is 131 Å². The predicted octanol–water partition coefficient (Wildman–Crippen LogP) is 7.48. The van der Waals surface area contributed by atoms with E-state index in [4.69, 9.17) is 26.7 Å². The Morgan fingerprint density at radius 2 is 1.39 bits per heavy atom. The van der Waals surface area contributed by atoms with Crippen LogP contribution in [0.5, 0.6) is 0 Å². The van der Waals surface area contributed by atoms with Crippen LogP contribution >= 0.6 is 11.6 Å². The summed E-state index contributed by atoms with van der Waals surface area (Å²) in [5.41, 5.74) is 6.94. The van der Waals surface area contributed by atoms with E-state index in [1.54, 1.807) is 0 Å². The van der Waals surface area contributed by atoms with Gasteiger partial charge in [-0.2, -0.15) is 5.10 Å². The fourth-order valence-electron chi connectivity index (χ4n) is 6.45. The maximum atomic E-state index is 13.6. The summed E-state index contributed by atoms with van der Waals surface area (Å²) in [4.78, 5) is 17.6. The van der Waals surface area contributed by atoms with Gasteiger partial charge in [0, 0.05) is 42.5 Å². The lowest BCUT2D eigenvalue weighted by atomic mass is 9.93. The molecule has 0 amide bonds. The summed E-state index contributed by atoms with van der Waals surface area (Å²) in [6.45, 7) is 5.13. The molecule has 1 atom stereocenters. The maximum Gasteiger partial charge on any atom is 0.179 e. The molecular formula is C35H29ClFN7. The van der Waals surface area contributed by atoms with Crippen molar-refractivity contribution in [3.63, 3.8) is 0 Å². The highest BCUT2D eigenvalue weighted by molar-refractivity contribution is 6.48. The molecule has 8 rings (SSSR count). The molecule has 44 heavy (non-hydrogen) atoms. The highest BCUT2D eigenvalue weighted by atomic mass is 35.5. The van der Waals surface area contributed by atoms with E-state index in [2.05, 4.69) is 58.0 Å². The Hall–Kier alpha value is -4.95. The first-order valence-corrected chi connectivity index (χ1v) is 15.1. The van der Waals surface area contributed by atoms with Gasteiger partial charge in [-0.1, -0.05) is 54.1 Å². The van der Waals surface area contributed by atoms with Crippen molar-refractivity contribution in [1.82, 2.24) is 14.7 Å². The SMILES string of the molecule is Cc1nn(-c2ccccc2)c2c1C(c1ccc(Cl)cc1)N1C(=N2)C(N2CCN(c3ccc(F)cc3)CC2)=Nc2ccccc21. The average molecular weight is 602 g/mol. The molecule has 0 N–H and O–H groups in total. The van der Waals surface area contributed by atoms with Crippen LogP contribution in [0, 0.1) is 12.7 Å². The molecule has 9 heteroatoms. The minimum absolute atomic E-state index is 0.195. The Morgan fingerprint density at radius 3 is 2.14 bits per heavy atom. The first-order chi connectivity index (χ1) is 21.5. The Bertz CT molecular complexity index is 1910. The van der Waals surface area contributed by atoms with Gasteiger partial charge < -0.3 is 14.7 Å². The summed E-state index contributed by atoms with van der Waals surface area (Å²) in [5, 5.41) is 5.72. The van der Waals surface area contributed by atoms with Gasteiger partial charge in [-0.3, -0.25) is 0 Å². The van der Waals surface area contributed by atoms with Crippen LogP contribution in [0.25, 0.3) is 5.69 Å². The number of halogens is 2. The lowest BCUT2D eigenvalue weighted by molar-refractivity contribution is 0.389. The van der Waals surface area contributed by atoms with Crippen LogP contribution in [-0.4, -0.2) is 52.5 Å². The summed E-state index contributed by atoms with van der Waals surface area (Å²) in [5.74, 6) is 2.21. The molecule has 0 spiro atoms. The van der Waals surface area contributed by atoms with Crippen molar-refractivity contribution < 1.29 is 4.39 Å². The van der Waals surface area contributed by atoms with E-state index in [1.165, 1.54) is 12.1 Å². The topological polar surface area (TPSA) is 52.3 Å². The summed E-state index contributed by atoms with van der Waals surface area (Å²) in [7, 11) is 0. The fraction of sp³-hybridized carbons (Fsp3) is 0.171. The molecular weight excluding hydrogens is 573 g/mol. The highest BCUT2D eigenvalue weighted by Gasteiger charge is 2.42. The fourth-order valence-corrected chi connectivity index (χ4v) is 6.57. The van der Waals surface area contributed by atoms with Crippen molar-refractivity contribution in [2.45, 2.75) is 13.0 Å². The number of amidine groups is 2. The van der Waals surface area contributed by atoms with Crippen LogP contribution in [0.2, 0.25) is 5.02 Å². The Kier molecular flexibility index (Phi) is 6.45. The van der Waals surface area contributed by atoms with Crippen molar-refractivity contribution in [1.29, 1.82) is 0 Å². The van der Waals surface area contributed by atoms with Crippen LogP contribution < -0.4 is 9.80 Å². The zero-order chi connectivity index (χ0) is 29.8. The lowest BCUT2D eigenvalue weighted by Gasteiger charge is -2.44. The Labute approximate surface area is 260 Å². The third-order valence-corrected chi connectivity index (χ3v) is 8.83. The van der Waals surface area contributed by atoms with Crippen molar-refractivity contribution >= 4 is 46.2 Å². The van der Waals surface area contributed by atoms with E-state index in [1.807, 2.05) is 59.3 Å². The van der Waals surface area contributed by atoms with E-state index in [9.17, 15) is 4.39 Å². The van der Waals surface area contributed by atoms with Crippen molar-refractivity contribution in [2.75, 3.05) is 36.0 Å². The van der Waals surface area contributed by atoms with Gasteiger partial charge in [0.15, 0.2) is 17.5 Å². The van der Waals surface area contributed by atoms with Gasteiger partial charge in [-0.15, -0.1) is 0 Å². The molecule has 1 fully saturated rings. The number of hydrogen-bond donors (Lipinski definition) is 0. The minimum Gasteiger partial charge on any atom is -0.368 e. The summed E-state index contributed by atoms with van der Waals surface area (Å²) in [6.07, 6.45) is 0. The second kappa shape index (κ2) is 10.6. The standard InChI is InChI=1S/C35H29ClFN7/c1-23-31-32(24-11-13-25(36)14-12-24)43-30-10-6-5-9-29(30)38-34(35(43)39-33(31)44(40-23)28-7-3-2-4-8-28)42-21-19-41(20-22-42)27-17-15-26(37)16-18-27/h2-18,32H,19-22H2,1H3. The summed E-state index contributed by atoms with van der Waals surface area (Å²) in [6, 6.07) is 33.0. The zero-order valence-electron chi connectivity index (χ0n) is 24.1. The molecule has 4 heterocycles. The molecule has 0 aliphatic carbocycles. The molecule has 5 aromatic rings. The van der Waals surface area contributed by atoms with Crippen LogP contribution in [-0.2, 0) is 0 Å². The van der Waals surface area contributed by atoms with E-state index < -0.39 is 0 Å². The first kappa shape index (κ1) is 26.7. The second-order valence-corrected chi connectivity index (χ2v) is 11.6. The normalized spacial score (nSPS) is 17.4. The number of aryl methyl sites for hydroxylation is 1. The smallest absolute Gasteiger partial charge is 0.179 e. The lowest BCUT2D eigenvalue weighted by Crippen LogP contribution is -2.55. The van der Waals surface area contributed by atoms with E-state index in [0.29, 0.717) is 5.02 Å². The third kappa shape index (κ3) is 4.45. The number of rotatable bonds is 3.